The van der Waals surface area contributed by atoms with Crippen molar-refractivity contribution in [2.75, 3.05) is 24.4 Å². The molecule has 2 N–H and O–H groups in total. The highest BCUT2D eigenvalue weighted by Crippen LogP contribution is 2.31. The van der Waals surface area contributed by atoms with Crippen LogP contribution in [0.5, 0.6) is 17.2 Å². The van der Waals surface area contributed by atoms with Crippen molar-refractivity contribution in [2.45, 2.75) is 19.3 Å². The van der Waals surface area contributed by atoms with E-state index in [9.17, 15) is 14.4 Å². The van der Waals surface area contributed by atoms with Crippen LogP contribution in [0.3, 0.4) is 0 Å². The first-order valence-corrected chi connectivity index (χ1v) is 11.2. The van der Waals surface area contributed by atoms with Gasteiger partial charge >= 0.3 is 5.97 Å². The molecule has 3 rings (SSSR count). The molecular weight excluding hydrogens is 472 g/mol. The molecule has 3 aromatic rings. The lowest BCUT2D eigenvalue weighted by Crippen LogP contribution is -2.21. The summed E-state index contributed by atoms with van der Waals surface area (Å²) in [5.41, 5.74) is 1.03. The number of benzene rings is 3. The number of ether oxygens (including phenoxy) is 3. The summed E-state index contributed by atoms with van der Waals surface area (Å²) in [6.45, 7) is -0.431. The van der Waals surface area contributed by atoms with E-state index in [1.54, 1.807) is 67.8 Å². The molecule has 0 bridgehead atoms. The summed E-state index contributed by atoms with van der Waals surface area (Å²) in [6, 6.07) is 20.9. The Kier molecular flexibility index (Phi) is 9.50. The molecule has 3 aromatic carbocycles. The lowest BCUT2D eigenvalue weighted by atomic mass is 10.2. The van der Waals surface area contributed by atoms with E-state index < -0.39 is 18.5 Å². The topological polar surface area (TPSA) is 103 Å². The Morgan fingerprint density at radius 1 is 0.800 bits per heavy atom. The molecular formula is C26H25ClN2O6. The quantitative estimate of drug-likeness (QED) is 0.343. The number of hydrogen-bond donors (Lipinski definition) is 2. The lowest BCUT2D eigenvalue weighted by molar-refractivity contribution is -0.147. The molecule has 2 amide bonds. The standard InChI is InChI=1S/C26H25ClN2O6/c1-33-22-9-4-5-10-23(22)35-19-15-13-18(14-16-19)28-24(30)11-6-12-26(32)34-17-25(31)29-21-8-3-2-7-20(21)27/h2-5,7-10,13-16H,6,11-12,17H2,1H3,(H,28,30)(H,29,31). The fourth-order valence-corrected chi connectivity index (χ4v) is 3.20. The summed E-state index contributed by atoms with van der Waals surface area (Å²) in [5, 5.41) is 5.71. The van der Waals surface area contributed by atoms with Gasteiger partial charge < -0.3 is 24.8 Å². The van der Waals surface area contributed by atoms with Crippen LogP contribution in [0.1, 0.15) is 19.3 Å². The number of halogens is 1. The predicted octanol–water partition coefficient (Wildman–Crippen LogP) is 5.43. The molecule has 0 fully saturated rings. The Morgan fingerprint density at radius 2 is 1.49 bits per heavy atom. The minimum atomic E-state index is -0.565. The van der Waals surface area contributed by atoms with Crippen molar-refractivity contribution in [1.82, 2.24) is 0 Å². The molecule has 9 heteroatoms. The minimum Gasteiger partial charge on any atom is -0.493 e. The summed E-state index contributed by atoms with van der Waals surface area (Å²) in [5.74, 6) is 0.485. The molecule has 0 spiro atoms. The van der Waals surface area contributed by atoms with Crippen molar-refractivity contribution in [1.29, 1.82) is 0 Å². The average Bonchev–Trinajstić information content (AvgIpc) is 2.86. The van der Waals surface area contributed by atoms with Crippen LogP contribution >= 0.6 is 11.6 Å². The maximum atomic E-state index is 12.2. The van der Waals surface area contributed by atoms with Gasteiger partial charge in [0.25, 0.3) is 5.91 Å². The van der Waals surface area contributed by atoms with Gasteiger partial charge in [-0.05, 0) is 55.0 Å². The first-order valence-electron chi connectivity index (χ1n) is 10.9. The van der Waals surface area contributed by atoms with Crippen molar-refractivity contribution in [3.8, 4) is 17.2 Å². The average molecular weight is 497 g/mol. The molecule has 8 nitrogen and oxygen atoms in total. The third-order valence-corrected chi connectivity index (χ3v) is 5.06. The maximum absolute atomic E-state index is 12.2. The van der Waals surface area contributed by atoms with Gasteiger partial charge in [0.2, 0.25) is 5.91 Å². The second-order valence-electron chi connectivity index (χ2n) is 7.37. The molecule has 35 heavy (non-hydrogen) atoms. The third-order valence-electron chi connectivity index (χ3n) is 4.73. The summed E-state index contributed by atoms with van der Waals surface area (Å²) in [7, 11) is 1.57. The Bertz CT molecular complexity index is 1170. The van der Waals surface area contributed by atoms with E-state index in [0.29, 0.717) is 33.6 Å². The Morgan fingerprint density at radius 3 is 2.20 bits per heavy atom. The van der Waals surface area contributed by atoms with Crippen molar-refractivity contribution in [3.63, 3.8) is 0 Å². The van der Waals surface area contributed by atoms with Gasteiger partial charge in [0.15, 0.2) is 18.1 Å². The highest BCUT2D eigenvalue weighted by atomic mass is 35.5. The van der Waals surface area contributed by atoms with Crippen molar-refractivity contribution >= 4 is 40.8 Å². The van der Waals surface area contributed by atoms with Gasteiger partial charge in [-0.3, -0.25) is 14.4 Å². The van der Waals surface area contributed by atoms with Crippen LogP contribution in [0.4, 0.5) is 11.4 Å². The number of carbonyl (C=O) groups is 3. The minimum absolute atomic E-state index is 0.0124. The van der Waals surface area contributed by atoms with Gasteiger partial charge in [-0.1, -0.05) is 35.9 Å². The molecule has 0 aliphatic carbocycles. The predicted molar refractivity (Wildman–Crippen MR) is 133 cm³/mol. The van der Waals surface area contributed by atoms with Crippen LogP contribution in [0.2, 0.25) is 5.02 Å². The number of amides is 2. The van der Waals surface area contributed by atoms with Crippen LogP contribution in [0.15, 0.2) is 72.8 Å². The van der Waals surface area contributed by atoms with E-state index in [4.69, 9.17) is 25.8 Å². The van der Waals surface area contributed by atoms with Crippen molar-refractivity contribution < 1.29 is 28.6 Å². The molecule has 0 saturated heterocycles. The number of esters is 1. The van der Waals surface area contributed by atoms with Crippen LogP contribution in [0, 0.1) is 0 Å². The first-order chi connectivity index (χ1) is 16.9. The molecule has 0 radical (unpaired) electrons. The second-order valence-corrected chi connectivity index (χ2v) is 7.77. The fourth-order valence-electron chi connectivity index (χ4n) is 3.02. The molecule has 0 atom stereocenters. The van der Waals surface area contributed by atoms with E-state index in [1.165, 1.54) is 0 Å². The number of nitrogens with one attached hydrogen (secondary N) is 2. The van der Waals surface area contributed by atoms with E-state index in [2.05, 4.69) is 10.6 Å². The normalized spacial score (nSPS) is 10.2. The number of anilines is 2. The SMILES string of the molecule is COc1ccccc1Oc1ccc(NC(=O)CCCC(=O)OCC(=O)Nc2ccccc2Cl)cc1. The van der Waals surface area contributed by atoms with Crippen molar-refractivity contribution in [2.24, 2.45) is 0 Å². The largest absolute Gasteiger partial charge is 0.493 e. The van der Waals surface area contributed by atoms with Gasteiger partial charge in [-0.25, -0.2) is 0 Å². The van der Waals surface area contributed by atoms with Gasteiger partial charge in [0.05, 0.1) is 17.8 Å². The third kappa shape index (κ3) is 8.35. The molecule has 0 unspecified atom stereocenters. The Hall–Kier alpha value is -4.04. The number of carbonyl (C=O) groups excluding carboxylic acids is 3. The monoisotopic (exact) mass is 496 g/mol. The summed E-state index contributed by atoms with van der Waals surface area (Å²) >= 11 is 5.97. The highest BCUT2D eigenvalue weighted by Gasteiger charge is 2.11. The van der Waals surface area contributed by atoms with Gasteiger partial charge in [0, 0.05) is 18.5 Å². The number of para-hydroxylation sites is 3. The fraction of sp³-hybridized carbons (Fsp3) is 0.192. The summed E-state index contributed by atoms with van der Waals surface area (Å²) < 4.78 is 16.0. The Labute approximate surface area is 208 Å². The number of methoxy groups -OCH3 is 1. The zero-order valence-electron chi connectivity index (χ0n) is 19.1. The van der Waals surface area contributed by atoms with E-state index in [-0.39, 0.29) is 25.2 Å². The van der Waals surface area contributed by atoms with E-state index in [1.807, 2.05) is 12.1 Å². The first kappa shape index (κ1) is 25.6. The molecule has 0 heterocycles. The Balaban J connectivity index is 1.35. The zero-order valence-corrected chi connectivity index (χ0v) is 19.8. The zero-order chi connectivity index (χ0) is 25.0. The number of hydrogen-bond acceptors (Lipinski definition) is 6. The second kappa shape index (κ2) is 13.0. The van der Waals surface area contributed by atoms with E-state index >= 15 is 0 Å². The molecule has 182 valence electrons. The molecule has 0 aromatic heterocycles. The van der Waals surface area contributed by atoms with Crippen LogP contribution < -0.4 is 20.1 Å². The van der Waals surface area contributed by atoms with Crippen LogP contribution in [0.25, 0.3) is 0 Å². The van der Waals surface area contributed by atoms with Crippen LogP contribution in [-0.4, -0.2) is 31.5 Å². The lowest BCUT2D eigenvalue weighted by Gasteiger charge is -2.11. The molecule has 0 saturated carbocycles. The van der Waals surface area contributed by atoms with Gasteiger partial charge in [0.1, 0.15) is 5.75 Å². The van der Waals surface area contributed by atoms with Crippen LogP contribution in [-0.2, 0) is 19.1 Å². The molecule has 0 aliphatic heterocycles. The van der Waals surface area contributed by atoms with Crippen molar-refractivity contribution in [3.05, 3.63) is 77.8 Å². The van der Waals surface area contributed by atoms with Gasteiger partial charge in [-0.15, -0.1) is 0 Å². The summed E-state index contributed by atoms with van der Waals surface area (Å²) in [6.07, 6.45) is 0.421. The molecule has 0 aliphatic rings. The number of rotatable bonds is 11. The van der Waals surface area contributed by atoms with E-state index in [0.717, 1.165) is 0 Å². The maximum Gasteiger partial charge on any atom is 0.306 e. The summed E-state index contributed by atoms with van der Waals surface area (Å²) in [4.78, 5) is 35.9. The smallest absolute Gasteiger partial charge is 0.306 e. The van der Waals surface area contributed by atoms with Gasteiger partial charge in [-0.2, -0.15) is 0 Å². The highest BCUT2D eigenvalue weighted by molar-refractivity contribution is 6.33.